The summed E-state index contributed by atoms with van der Waals surface area (Å²) >= 11 is 6.19. The van der Waals surface area contributed by atoms with Gasteiger partial charge < -0.3 is 15.5 Å². The molecule has 138 valence electrons. The van der Waals surface area contributed by atoms with E-state index in [1.54, 1.807) is 4.90 Å². The van der Waals surface area contributed by atoms with Crippen LogP contribution in [0.25, 0.3) is 0 Å². The summed E-state index contributed by atoms with van der Waals surface area (Å²) in [6.07, 6.45) is 2.36. The Kier molecular flexibility index (Phi) is 7.12. The Labute approximate surface area is 155 Å². The van der Waals surface area contributed by atoms with Crippen molar-refractivity contribution in [2.24, 2.45) is 5.92 Å². The Hall–Kier alpha value is -1.75. The van der Waals surface area contributed by atoms with E-state index in [0.717, 1.165) is 23.4 Å². The molecule has 6 heteroatoms. The highest BCUT2D eigenvalue weighted by atomic mass is 35.5. The molecular formula is C19H28ClN3O2. The van der Waals surface area contributed by atoms with Gasteiger partial charge in [0.1, 0.15) is 0 Å². The minimum Gasteiger partial charge on any atom is -0.353 e. The van der Waals surface area contributed by atoms with Gasteiger partial charge in [0.05, 0.1) is 5.92 Å². The molecule has 1 fully saturated rings. The molecule has 0 saturated carbocycles. The summed E-state index contributed by atoms with van der Waals surface area (Å²) in [5.74, 6) is -0.137. The number of piperidine rings is 1. The summed E-state index contributed by atoms with van der Waals surface area (Å²) < 4.78 is 0. The van der Waals surface area contributed by atoms with E-state index in [-0.39, 0.29) is 29.9 Å². The van der Waals surface area contributed by atoms with Crippen LogP contribution in [-0.4, -0.2) is 42.0 Å². The van der Waals surface area contributed by atoms with Crippen LogP contribution in [0.3, 0.4) is 0 Å². The van der Waals surface area contributed by atoms with Gasteiger partial charge in [0.2, 0.25) is 5.91 Å². The van der Waals surface area contributed by atoms with E-state index >= 15 is 0 Å². The first-order chi connectivity index (χ1) is 11.9. The number of nitrogens with one attached hydrogen (secondary N) is 2. The van der Waals surface area contributed by atoms with E-state index < -0.39 is 0 Å². The maximum absolute atomic E-state index is 12.6. The zero-order valence-corrected chi connectivity index (χ0v) is 16.0. The summed E-state index contributed by atoms with van der Waals surface area (Å²) in [4.78, 5) is 26.5. The van der Waals surface area contributed by atoms with Gasteiger partial charge in [0, 0.05) is 30.2 Å². The molecular weight excluding hydrogens is 338 g/mol. The fourth-order valence-electron chi connectivity index (χ4n) is 3.12. The number of carbonyl (C=O) groups excluding carboxylic acids is 2. The summed E-state index contributed by atoms with van der Waals surface area (Å²) in [7, 11) is 0. The van der Waals surface area contributed by atoms with Crippen LogP contribution in [0.2, 0.25) is 5.02 Å². The Morgan fingerprint density at radius 1 is 1.24 bits per heavy atom. The van der Waals surface area contributed by atoms with Crippen molar-refractivity contribution in [3.05, 3.63) is 34.9 Å². The van der Waals surface area contributed by atoms with Crippen LogP contribution in [0.5, 0.6) is 0 Å². The summed E-state index contributed by atoms with van der Waals surface area (Å²) in [6, 6.07) is 7.68. The number of amides is 3. The van der Waals surface area contributed by atoms with E-state index in [2.05, 4.69) is 10.6 Å². The first kappa shape index (κ1) is 19.6. The van der Waals surface area contributed by atoms with E-state index in [4.69, 9.17) is 11.6 Å². The minimum atomic E-state index is -0.152. The van der Waals surface area contributed by atoms with Crippen molar-refractivity contribution < 1.29 is 9.59 Å². The fourth-order valence-corrected chi connectivity index (χ4v) is 3.33. The first-order valence-corrected chi connectivity index (χ1v) is 9.33. The highest BCUT2D eigenvalue weighted by molar-refractivity contribution is 6.31. The lowest BCUT2D eigenvalue weighted by Crippen LogP contribution is -2.51. The van der Waals surface area contributed by atoms with Gasteiger partial charge in [-0.1, -0.05) is 29.8 Å². The van der Waals surface area contributed by atoms with E-state index in [9.17, 15) is 9.59 Å². The smallest absolute Gasteiger partial charge is 0.317 e. The molecule has 0 aromatic heterocycles. The third-order valence-corrected chi connectivity index (χ3v) is 4.73. The molecule has 2 N–H and O–H groups in total. The van der Waals surface area contributed by atoms with Gasteiger partial charge in [-0.25, -0.2) is 4.79 Å². The van der Waals surface area contributed by atoms with Gasteiger partial charge in [-0.15, -0.1) is 0 Å². The van der Waals surface area contributed by atoms with Crippen LogP contribution >= 0.6 is 11.6 Å². The van der Waals surface area contributed by atoms with Crippen molar-refractivity contribution in [1.82, 2.24) is 15.5 Å². The Morgan fingerprint density at radius 3 is 2.64 bits per heavy atom. The second-order valence-electron chi connectivity index (χ2n) is 7.09. The molecule has 3 amide bonds. The van der Waals surface area contributed by atoms with Crippen LogP contribution in [0.1, 0.15) is 39.2 Å². The molecule has 5 nitrogen and oxygen atoms in total. The molecule has 0 radical (unpaired) electrons. The zero-order valence-electron chi connectivity index (χ0n) is 15.2. The number of nitrogens with zero attached hydrogens (tertiary/aromatic N) is 1. The predicted octanol–water partition coefficient (Wildman–Crippen LogP) is 3.22. The SMILES string of the molecule is CC(C)NC(=O)N1CCC[C@@H](C(=O)N[C@H](C)Cc2ccccc2Cl)C1. The predicted molar refractivity (Wildman–Crippen MR) is 101 cm³/mol. The van der Waals surface area contributed by atoms with Gasteiger partial charge in [0.15, 0.2) is 0 Å². The molecule has 1 aromatic rings. The standard InChI is InChI=1S/C19H28ClN3O2/c1-13(2)21-19(25)23-10-6-8-16(12-23)18(24)22-14(3)11-15-7-4-5-9-17(15)20/h4-5,7,9,13-14,16H,6,8,10-12H2,1-3H3,(H,21,25)(H,22,24)/t14-,16-/m1/s1. The average Bonchev–Trinajstić information content (AvgIpc) is 2.56. The van der Waals surface area contributed by atoms with E-state index in [1.807, 2.05) is 45.0 Å². The summed E-state index contributed by atoms with van der Waals surface area (Å²) in [6.45, 7) is 7.03. The zero-order chi connectivity index (χ0) is 18.4. The van der Waals surface area contributed by atoms with Crippen LogP contribution in [0.4, 0.5) is 4.79 Å². The van der Waals surface area contributed by atoms with Crippen molar-refractivity contribution in [2.75, 3.05) is 13.1 Å². The largest absolute Gasteiger partial charge is 0.353 e. The Bertz CT molecular complexity index is 606. The van der Waals surface area contributed by atoms with Crippen molar-refractivity contribution in [1.29, 1.82) is 0 Å². The van der Waals surface area contributed by atoms with Crippen LogP contribution in [-0.2, 0) is 11.2 Å². The van der Waals surface area contributed by atoms with Crippen molar-refractivity contribution in [2.45, 2.75) is 52.1 Å². The minimum absolute atomic E-state index is 0.00716. The number of benzene rings is 1. The molecule has 0 unspecified atom stereocenters. The number of halogens is 1. The molecule has 1 aliphatic heterocycles. The quantitative estimate of drug-likeness (QED) is 0.841. The maximum atomic E-state index is 12.6. The maximum Gasteiger partial charge on any atom is 0.317 e. The molecule has 0 spiro atoms. The highest BCUT2D eigenvalue weighted by Gasteiger charge is 2.29. The van der Waals surface area contributed by atoms with Gasteiger partial charge in [-0.2, -0.15) is 0 Å². The second kappa shape index (κ2) is 9.09. The molecule has 2 rings (SSSR count). The van der Waals surface area contributed by atoms with E-state index in [1.165, 1.54) is 0 Å². The molecule has 2 atom stereocenters. The topological polar surface area (TPSA) is 61.4 Å². The third-order valence-electron chi connectivity index (χ3n) is 4.36. The molecule has 1 aromatic carbocycles. The second-order valence-corrected chi connectivity index (χ2v) is 7.50. The summed E-state index contributed by atoms with van der Waals surface area (Å²) in [5.41, 5.74) is 1.03. The molecule has 1 saturated heterocycles. The molecule has 1 heterocycles. The fraction of sp³-hybridized carbons (Fsp3) is 0.579. The first-order valence-electron chi connectivity index (χ1n) is 8.96. The monoisotopic (exact) mass is 365 g/mol. The summed E-state index contributed by atoms with van der Waals surface area (Å²) in [5, 5.41) is 6.68. The van der Waals surface area contributed by atoms with Gasteiger partial charge in [-0.3, -0.25) is 4.79 Å². The molecule has 0 aliphatic carbocycles. The molecule has 1 aliphatic rings. The van der Waals surface area contributed by atoms with Gasteiger partial charge in [-0.05, 0) is 51.7 Å². The average molecular weight is 366 g/mol. The van der Waals surface area contributed by atoms with Gasteiger partial charge in [0.25, 0.3) is 0 Å². The number of hydrogen-bond acceptors (Lipinski definition) is 2. The number of rotatable bonds is 5. The number of carbonyl (C=O) groups is 2. The molecule has 0 bridgehead atoms. The van der Waals surface area contributed by atoms with Crippen molar-refractivity contribution in [3.63, 3.8) is 0 Å². The van der Waals surface area contributed by atoms with Crippen molar-refractivity contribution in [3.8, 4) is 0 Å². The third kappa shape index (κ3) is 5.92. The lowest BCUT2D eigenvalue weighted by Gasteiger charge is -2.33. The lowest BCUT2D eigenvalue weighted by molar-refractivity contribution is -0.126. The van der Waals surface area contributed by atoms with E-state index in [0.29, 0.717) is 19.5 Å². The van der Waals surface area contributed by atoms with Crippen LogP contribution in [0, 0.1) is 5.92 Å². The normalized spacial score (nSPS) is 18.8. The van der Waals surface area contributed by atoms with Crippen molar-refractivity contribution >= 4 is 23.5 Å². The van der Waals surface area contributed by atoms with Gasteiger partial charge >= 0.3 is 6.03 Å². The number of likely N-dealkylation sites (tertiary alicyclic amines) is 1. The Balaban J connectivity index is 1.87. The Morgan fingerprint density at radius 2 is 1.96 bits per heavy atom. The van der Waals surface area contributed by atoms with Crippen LogP contribution in [0.15, 0.2) is 24.3 Å². The number of hydrogen-bond donors (Lipinski definition) is 2. The highest BCUT2D eigenvalue weighted by Crippen LogP contribution is 2.19. The molecule has 25 heavy (non-hydrogen) atoms. The lowest BCUT2D eigenvalue weighted by atomic mass is 9.96. The van der Waals surface area contributed by atoms with Crippen LogP contribution < -0.4 is 10.6 Å². The number of urea groups is 1.